The highest BCUT2D eigenvalue weighted by Crippen LogP contribution is 2.21. The van der Waals surface area contributed by atoms with Gasteiger partial charge in [-0.15, -0.1) is 0 Å². The van der Waals surface area contributed by atoms with E-state index in [1.165, 1.54) is 61.0 Å². The van der Waals surface area contributed by atoms with Crippen molar-refractivity contribution in [3.8, 4) is 0 Å². The van der Waals surface area contributed by atoms with Gasteiger partial charge in [0.1, 0.15) is 0 Å². The molecule has 1 aliphatic heterocycles. The van der Waals surface area contributed by atoms with Crippen LogP contribution in [0.3, 0.4) is 0 Å². The average molecular weight is 508 g/mol. The molecular formula is C33H53N3O. The van der Waals surface area contributed by atoms with E-state index in [0.717, 1.165) is 38.4 Å². The Balaban J connectivity index is 1.56. The summed E-state index contributed by atoms with van der Waals surface area (Å²) >= 11 is 0. The number of likely N-dealkylation sites (tertiary alicyclic amines) is 1. The fraction of sp³-hybridized carbons (Fsp3) is 0.636. The van der Waals surface area contributed by atoms with Crippen LogP contribution in [0.25, 0.3) is 0 Å². The Hall–Kier alpha value is -1.72. The summed E-state index contributed by atoms with van der Waals surface area (Å²) in [7, 11) is 0. The molecule has 2 aromatic carbocycles. The molecular weight excluding hydrogens is 454 g/mol. The van der Waals surface area contributed by atoms with Crippen LogP contribution in [0, 0.1) is 5.92 Å². The molecule has 37 heavy (non-hydrogen) atoms. The third-order valence-electron chi connectivity index (χ3n) is 7.99. The first-order valence-corrected chi connectivity index (χ1v) is 14.9. The second-order valence-electron chi connectivity index (χ2n) is 11.8. The molecule has 3 rings (SSSR count). The first-order chi connectivity index (χ1) is 17.9. The molecule has 1 heterocycles. The van der Waals surface area contributed by atoms with Crippen molar-refractivity contribution in [2.24, 2.45) is 5.92 Å². The summed E-state index contributed by atoms with van der Waals surface area (Å²) in [6, 6.07) is 19.0. The first-order valence-electron chi connectivity index (χ1n) is 14.9. The zero-order chi connectivity index (χ0) is 26.5. The SMILES string of the molecule is CC(C)c1cccc(CCC(CCc2cccc(C(C)C)c2)NCC2CCCN(CCNCCO)C2)c1. The summed E-state index contributed by atoms with van der Waals surface area (Å²) in [6.07, 6.45) is 7.27. The third-order valence-corrected chi connectivity index (χ3v) is 7.99. The number of benzene rings is 2. The van der Waals surface area contributed by atoms with E-state index in [0.29, 0.717) is 24.4 Å². The van der Waals surface area contributed by atoms with Crippen LogP contribution < -0.4 is 10.6 Å². The van der Waals surface area contributed by atoms with Crippen molar-refractivity contribution < 1.29 is 5.11 Å². The van der Waals surface area contributed by atoms with Gasteiger partial charge in [-0.25, -0.2) is 0 Å². The maximum atomic E-state index is 8.99. The minimum Gasteiger partial charge on any atom is -0.395 e. The second-order valence-corrected chi connectivity index (χ2v) is 11.8. The van der Waals surface area contributed by atoms with Crippen molar-refractivity contribution in [3.63, 3.8) is 0 Å². The predicted octanol–water partition coefficient (Wildman–Crippen LogP) is 5.75. The van der Waals surface area contributed by atoms with E-state index in [4.69, 9.17) is 5.11 Å². The number of aryl methyl sites for hydroxylation is 2. The Kier molecular flexibility index (Phi) is 13.1. The highest BCUT2D eigenvalue weighted by atomic mass is 16.3. The standard InChI is InChI=1S/C33H53N3O/c1-26(2)31-11-5-8-28(22-31)13-15-33(16-14-29-9-6-12-32(23-29)27(3)4)35-24-30-10-7-19-36(25-30)20-17-34-18-21-37/h5-6,8-9,11-12,22-23,26-27,30,33-35,37H,7,10,13-21,24-25H2,1-4H3. The molecule has 1 saturated heterocycles. The number of hydrogen-bond donors (Lipinski definition) is 3. The molecule has 0 aliphatic carbocycles. The Morgan fingerprint density at radius 2 is 1.51 bits per heavy atom. The van der Waals surface area contributed by atoms with Gasteiger partial charge in [-0.1, -0.05) is 76.2 Å². The molecule has 0 radical (unpaired) electrons. The Morgan fingerprint density at radius 3 is 2.08 bits per heavy atom. The van der Waals surface area contributed by atoms with Crippen LogP contribution in [-0.2, 0) is 12.8 Å². The quantitative estimate of drug-likeness (QED) is 0.253. The summed E-state index contributed by atoms with van der Waals surface area (Å²) in [4.78, 5) is 2.60. The smallest absolute Gasteiger partial charge is 0.0555 e. The number of nitrogens with one attached hydrogen (secondary N) is 2. The molecule has 0 amide bonds. The Morgan fingerprint density at radius 1 is 0.892 bits per heavy atom. The molecule has 0 saturated carbocycles. The number of aliphatic hydroxyl groups is 1. The lowest BCUT2D eigenvalue weighted by Gasteiger charge is -2.34. The van der Waals surface area contributed by atoms with Crippen LogP contribution in [0.5, 0.6) is 0 Å². The number of rotatable bonds is 16. The molecule has 1 fully saturated rings. The lowest BCUT2D eigenvalue weighted by Crippen LogP contribution is -2.44. The van der Waals surface area contributed by atoms with Crippen LogP contribution in [0.15, 0.2) is 48.5 Å². The van der Waals surface area contributed by atoms with Crippen molar-refractivity contribution >= 4 is 0 Å². The van der Waals surface area contributed by atoms with Gasteiger partial charge in [0.2, 0.25) is 0 Å². The second kappa shape index (κ2) is 16.3. The molecule has 3 N–H and O–H groups in total. The fourth-order valence-electron chi connectivity index (χ4n) is 5.54. The van der Waals surface area contributed by atoms with E-state index in [9.17, 15) is 0 Å². The van der Waals surface area contributed by atoms with Crippen LogP contribution in [0.1, 0.15) is 87.5 Å². The van der Waals surface area contributed by atoms with E-state index in [-0.39, 0.29) is 6.61 Å². The van der Waals surface area contributed by atoms with Gasteiger partial charge in [-0.05, 0) is 91.6 Å². The number of piperidine rings is 1. The van der Waals surface area contributed by atoms with Crippen molar-refractivity contribution in [1.82, 2.24) is 15.5 Å². The van der Waals surface area contributed by atoms with Crippen molar-refractivity contribution in [3.05, 3.63) is 70.8 Å². The van der Waals surface area contributed by atoms with Gasteiger partial charge in [0, 0.05) is 32.2 Å². The van der Waals surface area contributed by atoms with Crippen LogP contribution in [0.2, 0.25) is 0 Å². The zero-order valence-electron chi connectivity index (χ0n) is 24.0. The Labute approximate surface area is 227 Å². The van der Waals surface area contributed by atoms with Gasteiger partial charge in [-0.3, -0.25) is 0 Å². The molecule has 1 unspecified atom stereocenters. The van der Waals surface area contributed by atoms with E-state index >= 15 is 0 Å². The monoisotopic (exact) mass is 507 g/mol. The lowest BCUT2D eigenvalue weighted by atomic mass is 9.93. The molecule has 4 nitrogen and oxygen atoms in total. The van der Waals surface area contributed by atoms with Crippen molar-refractivity contribution in [2.75, 3.05) is 45.9 Å². The predicted molar refractivity (Wildman–Crippen MR) is 159 cm³/mol. The third kappa shape index (κ3) is 10.9. The maximum Gasteiger partial charge on any atom is 0.0555 e. The van der Waals surface area contributed by atoms with Crippen LogP contribution >= 0.6 is 0 Å². The van der Waals surface area contributed by atoms with Crippen molar-refractivity contribution in [2.45, 2.75) is 84.1 Å². The van der Waals surface area contributed by atoms with E-state index in [1.807, 2.05) is 0 Å². The highest BCUT2D eigenvalue weighted by molar-refractivity contribution is 5.27. The molecule has 2 aromatic rings. The van der Waals surface area contributed by atoms with Gasteiger partial charge in [0.15, 0.2) is 0 Å². The fourth-order valence-corrected chi connectivity index (χ4v) is 5.54. The zero-order valence-corrected chi connectivity index (χ0v) is 24.0. The number of hydrogen-bond acceptors (Lipinski definition) is 4. The molecule has 1 aliphatic rings. The molecule has 206 valence electrons. The number of aliphatic hydroxyl groups excluding tert-OH is 1. The molecule has 1 atom stereocenters. The molecule has 0 bridgehead atoms. The number of nitrogens with zero attached hydrogens (tertiary/aromatic N) is 1. The van der Waals surface area contributed by atoms with E-state index < -0.39 is 0 Å². The van der Waals surface area contributed by atoms with Gasteiger partial charge < -0.3 is 20.6 Å². The largest absolute Gasteiger partial charge is 0.395 e. The average Bonchev–Trinajstić information content (AvgIpc) is 2.91. The van der Waals surface area contributed by atoms with Crippen molar-refractivity contribution in [1.29, 1.82) is 0 Å². The van der Waals surface area contributed by atoms with Crippen LogP contribution in [0.4, 0.5) is 0 Å². The highest BCUT2D eigenvalue weighted by Gasteiger charge is 2.21. The summed E-state index contributed by atoms with van der Waals surface area (Å²) in [5.74, 6) is 1.88. The van der Waals surface area contributed by atoms with Gasteiger partial charge >= 0.3 is 0 Å². The van der Waals surface area contributed by atoms with Gasteiger partial charge in [0.25, 0.3) is 0 Å². The lowest BCUT2D eigenvalue weighted by molar-refractivity contribution is 0.168. The minimum absolute atomic E-state index is 0.220. The van der Waals surface area contributed by atoms with Gasteiger partial charge in [0.05, 0.1) is 6.61 Å². The van der Waals surface area contributed by atoms with Crippen LogP contribution in [-0.4, -0.2) is 61.9 Å². The molecule has 0 spiro atoms. The molecule has 4 heteroatoms. The first kappa shape index (κ1) is 29.8. The normalized spacial score (nSPS) is 16.8. The summed E-state index contributed by atoms with van der Waals surface area (Å²) in [5, 5.41) is 16.3. The van der Waals surface area contributed by atoms with E-state index in [1.54, 1.807) is 0 Å². The summed E-state index contributed by atoms with van der Waals surface area (Å²) in [6.45, 7) is 15.6. The summed E-state index contributed by atoms with van der Waals surface area (Å²) < 4.78 is 0. The minimum atomic E-state index is 0.220. The maximum absolute atomic E-state index is 8.99. The summed E-state index contributed by atoms with van der Waals surface area (Å²) in [5.41, 5.74) is 5.84. The Bertz CT molecular complexity index is 841. The molecule has 0 aromatic heterocycles. The van der Waals surface area contributed by atoms with Gasteiger partial charge in [-0.2, -0.15) is 0 Å². The van der Waals surface area contributed by atoms with E-state index in [2.05, 4.69) is 91.8 Å². The topological polar surface area (TPSA) is 47.5 Å².